The molecule has 14 heteroatoms. The third-order valence-electron chi connectivity index (χ3n) is 13.4. The van der Waals surface area contributed by atoms with Crippen molar-refractivity contribution < 1.29 is 69.0 Å². The van der Waals surface area contributed by atoms with E-state index in [1.165, 1.54) is 116 Å². The van der Waals surface area contributed by atoms with E-state index >= 15 is 0 Å². The van der Waals surface area contributed by atoms with Crippen LogP contribution in [0.3, 0.4) is 0 Å². The molecule has 410 valence electrons. The van der Waals surface area contributed by atoms with E-state index in [4.69, 9.17) is 28.4 Å². The number of carbonyl (C=O) groups excluding carboxylic acids is 1. The van der Waals surface area contributed by atoms with Crippen LogP contribution in [0.4, 0.5) is 0 Å². The minimum absolute atomic E-state index is 0.0592. The highest BCUT2D eigenvalue weighted by Crippen LogP contribution is 2.26. The van der Waals surface area contributed by atoms with E-state index in [0.717, 1.165) is 70.6 Å². The van der Waals surface area contributed by atoms with Crippen molar-refractivity contribution in [3.63, 3.8) is 0 Å². The first kappa shape index (κ1) is 64.3. The molecule has 2 fully saturated rings. The number of hydrogen-bond donors (Lipinski definition) is 7. The molecule has 0 amide bonds. The molecule has 11 atom stereocenters. The van der Waals surface area contributed by atoms with Crippen molar-refractivity contribution in [3.05, 3.63) is 36.5 Å². The SMILES string of the molecule is CCC/C=C\CCCCCCCC(=O)OC(COCCCCCCCCCCCCCCCC/C=C\C/C=C\CCCCCCC)COC1OC(COC2OC(CO)C(O)C(O)C2O)C(O)C(O)C1O. The number of unbranched alkanes of at least 4 members (excludes halogenated alkanes) is 25. The summed E-state index contributed by atoms with van der Waals surface area (Å²) in [4.78, 5) is 13.0. The lowest BCUT2D eigenvalue weighted by Crippen LogP contribution is -2.61. The summed E-state index contributed by atoms with van der Waals surface area (Å²) in [6, 6.07) is 0. The van der Waals surface area contributed by atoms with E-state index in [-0.39, 0.29) is 25.6 Å². The molecule has 2 rings (SSSR count). The lowest BCUT2D eigenvalue weighted by atomic mass is 9.98. The van der Waals surface area contributed by atoms with Gasteiger partial charge in [0.2, 0.25) is 0 Å². The summed E-state index contributed by atoms with van der Waals surface area (Å²) in [5.41, 5.74) is 0. The fourth-order valence-corrected chi connectivity index (χ4v) is 8.79. The van der Waals surface area contributed by atoms with Gasteiger partial charge in [0.05, 0.1) is 26.4 Å². The second-order valence-corrected chi connectivity index (χ2v) is 19.8. The lowest BCUT2D eigenvalue weighted by Gasteiger charge is -2.42. The number of aliphatic hydroxyl groups is 7. The van der Waals surface area contributed by atoms with Crippen LogP contribution in [0.1, 0.15) is 213 Å². The summed E-state index contributed by atoms with van der Waals surface area (Å²) >= 11 is 0. The Balaban J connectivity index is 1.65. The van der Waals surface area contributed by atoms with Crippen LogP contribution in [-0.2, 0) is 33.2 Å². The fourth-order valence-electron chi connectivity index (χ4n) is 8.79. The topological polar surface area (TPSA) is 214 Å². The average Bonchev–Trinajstić information content (AvgIpc) is 3.36. The highest BCUT2D eigenvalue weighted by Gasteiger charge is 2.47. The molecule has 2 aliphatic rings. The first-order chi connectivity index (χ1) is 34.1. The zero-order chi connectivity index (χ0) is 50.9. The van der Waals surface area contributed by atoms with E-state index in [9.17, 15) is 40.5 Å². The Morgan fingerprint density at radius 3 is 1.44 bits per heavy atom. The van der Waals surface area contributed by atoms with Crippen molar-refractivity contribution in [2.45, 2.75) is 280 Å². The van der Waals surface area contributed by atoms with E-state index in [1.807, 2.05) is 0 Å². The van der Waals surface area contributed by atoms with Gasteiger partial charge in [0, 0.05) is 13.0 Å². The van der Waals surface area contributed by atoms with Gasteiger partial charge in [0.15, 0.2) is 12.6 Å². The maximum Gasteiger partial charge on any atom is 0.306 e. The summed E-state index contributed by atoms with van der Waals surface area (Å²) in [6.07, 6.45) is 33.7. The van der Waals surface area contributed by atoms with Crippen LogP contribution < -0.4 is 0 Å². The Morgan fingerprint density at radius 1 is 0.471 bits per heavy atom. The molecule has 0 radical (unpaired) electrons. The quantitative estimate of drug-likeness (QED) is 0.0172. The molecule has 0 saturated carbocycles. The van der Waals surface area contributed by atoms with Crippen LogP contribution in [0.2, 0.25) is 0 Å². The molecule has 14 nitrogen and oxygen atoms in total. The van der Waals surface area contributed by atoms with Gasteiger partial charge in [0.25, 0.3) is 0 Å². The first-order valence-corrected chi connectivity index (χ1v) is 28.1. The van der Waals surface area contributed by atoms with E-state index in [0.29, 0.717) is 13.0 Å². The lowest BCUT2D eigenvalue weighted by molar-refractivity contribution is -0.332. The maximum absolute atomic E-state index is 13.0. The van der Waals surface area contributed by atoms with Gasteiger partial charge in [-0.25, -0.2) is 0 Å². The molecule has 0 aliphatic carbocycles. The highest BCUT2D eigenvalue weighted by molar-refractivity contribution is 5.69. The second-order valence-electron chi connectivity index (χ2n) is 19.8. The summed E-state index contributed by atoms with van der Waals surface area (Å²) in [5.74, 6) is -0.387. The minimum atomic E-state index is -1.71. The van der Waals surface area contributed by atoms with E-state index < -0.39 is 80.7 Å². The predicted molar refractivity (Wildman–Crippen MR) is 275 cm³/mol. The normalized spacial score (nSPS) is 25.7. The van der Waals surface area contributed by atoms with E-state index in [1.54, 1.807) is 0 Å². The molecule has 2 heterocycles. The molecule has 70 heavy (non-hydrogen) atoms. The molecule has 0 aromatic heterocycles. The number of aliphatic hydroxyl groups excluding tert-OH is 7. The molecular formula is C56H102O14. The van der Waals surface area contributed by atoms with Crippen LogP contribution in [0.25, 0.3) is 0 Å². The Labute approximate surface area is 423 Å². The number of carbonyl (C=O) groups is 1. The van der Waals surface area contributed by atoms with Gasteiger partial charge in [0.1, 0.15) is 54.9 Å². The van der Waals surface area contributed by atoms with Gasteiger partial charge in [-0.1, -0.05) is 179 Å². The summed E-state index contributed by atoms with van der Waals surface area (Å²) < 4.78 is 34.3. The molecule has 0 aromatic carbocycles. The zero-order valence-electron chi connectivity index (χ0n) is 43.8. The fraction of sp³-hybridized carbons (Fsp3) is 0.875. The largest absolute Gasteiger partial charge is 0.457 e. The van der Waals surface area contributed by atoms with Gasteiger partial charge in [-0.15, -0.1) is 0 Å². The monoisotopic (exact) mass is 999 g/mol. The van der Waals surface area contributed by atoms with Crippen molar-refractivity contribution in [1.29, 1.82) is 0 Å². The molecule has 7 N–H and O–H groups in total. The van der Waals surface area contributed by atoms with Crippen LogP contribution in [-0.4, -0.2) is 142 Å². The standard InChI is InChI=1S/C56H102O14/c1-3-5-7-9-11-13-15-16-17-18-19-20-21-22-23-24-25-26-27-28-29-30-32-34-36-38-40-65-42-45(68-48(58)39-37-35-33-31-14-12-10-8-6-4-2)43-66-55-54(64)52(62)50(60)47(70-55)44-67-56-53(63)51(61)49(59)46(41-57)69-56/h8,10,15-16,18-19,45-47,49-57,59-64H,3-7,9,11-14,17,20-44H2,1-2H3/b10-8-,16-15-,19-18-. The molecular weight excluding hydrogens is 897 g/mol. The third-order valence-corrected chi connectivity index (χ3v) is 13.4. The van der Waals surface area contributed by atoms with Crippen molar-refractivity contribution in [3.8, 4) is 0 Å². The molecule has 0 bridgehead atoms. The number of rotatable bonds is 45. The number of esters is 1. The minimum Gasteiger partial charge on any atom is -0.457 e. The van der Waals surface area contributed by atoms with Gasteiger partial charge in [-0.2, -0.15) is 0 Å². The van der Waals surface area contributed by atoms with E-state index in [2.05, 4.69) is 50.3 Å². The zero-order valence-corrected chi connectivity index (χ0v) is 43.8. The van der Waals surface area contributed by atoms with Crippen LogP contribution >= 0.6 is 0 Å². The number of ether oxygens (including phenoxy) is 6. The highest BCUT2D eigenvalue weighted by atomic mass is 16.7. The maximum atomic E-state index is 13.0. The Kier molecular flexibility index (Phi) is 40.1. The molecule has 11 unspecified atom stereocenters. The van der Waals surface area contributed by atoms with Crippen LogP contribution in [0.15, 0.2) is 36.5 Å². The van der Waals surface area contributed by atoms with Crippen molar-refractivity contribution >= 4 is 5.97 Å². The molecule has 2 aliphatic heterocycles. The van der Waals surface area contributed by atoms with Gasteiger partial charge < -0.3 is 64.2 Å². The summed E-state index contributed by atoms with van der Waals surface area (Å²) in [7, 11) is 0. The van der Waals surface area contributed by atoms with Crippen LogP contribution in [0.5, 0.6) is 0 Å². The third kappa shape index (κ3) is 30.4. The summed E-state index contributed by atoms with van der Waals surface area (Å²) in [6.45, 7) is 3.61. The van der Waals surface area contributed by atoms with Gasteiger partial charge >= 0.3 is 5.97 Å². The number of allylic oxidation sites excluding steroid dienone is 6. The smallest absolute Gasteiger partial charge is 0.306 e. The Bertz CT molecular complexity index is 1300. The van der Waals surface area contributed by atoms with Crippen molar-refractivity contribution in [2.75, 3.05) is 33.0 Å². The number of hydrogen-bond acceptors (Lipinski definition) is 14. The van der Waals surface area contributed by atoms with Crippen molar-refractivity contribution in [1.82, 2.24) is 0 Å². The predicted octanol–water partition coefficient (Wildman–Crippen LogP) is 9.36. The first-order valence-electron chi connectivity index (χ1n) is 28.1. The van der Waals surface area contributed by atoms with Gasteiger partial charge in [-0.3, -0.25) is 4.79 Å². The Morgan fingerprint density at radius 2 is 0.914 bits per heavy atom. The molecule has 2 saturated heterocycles. The summed E-state index contributed by atoms with van der Waals surface area (Å²) in [5, 5.41) is 72.1. The molecule has 0 spiro atoms. The van der Waals surface area contributed by atoms with Crippen molar-refractivity contribution in [2.24, 2.45) is 0 Å². The Hall–Kier alpha value is -1.79. The van der Waals surface area contributed by atoms with Crippen LogP contribution in [0, 0.1) is 0 Å². The molecule has 0 aromatic rings. The average molecular weight is 999 g/mol. The second kappa shape index (κ2) is 43.6. The van der Waals surface area contributed by atoms with Gasteiger partial charge in [-0.05, 0) is 64.2 Å².